The molecule has 1 fully saturated rings. The molecule has 1 aliphatic heterocycles. The Bertz CT molecular complexity index is 499. The highest BCUT2D eigenvalue weighted by Crippen LogP contribution is 2.17. The monoisotopic (exact) mass is 294 g/mol. The fraction of sp³-hybridized carbons (Fsp3) is 0.643. The van der Waals surface area contributed by atoms with E-state index in [0.29, 0.717) is 37.8 Å². The third kappa shape index (κ3) is 4.21. The first-order valence-corrected chi connectivity index (χ1v) is 7.02. The molecule has 1 amide bonds. The van der Waals surface area contributed by atoms with E-state index in [9.17, 15) is 9.90 Å². The van der Waals surface area contributed by atoms with Crippen LogP contribution in [0.4, 0.5) is 10.7 Å². The Hall–Kier alpha value is -2.05. The molecule has 0 radical (unpaired) electrons. The lowest BCUT2D eigenvalue weighted by Gasteiger charge is -2.35. The van der Waals surface area contributed by atoms with Gasteiger partial charge in [0.2, 0.25) is 11.8 Å². The number of rotatable bonds is 1. The van der Waals surface area contributed by atoms with Crippen LogP contribution in [0.25, 0.3) is 0 Å². The number of piperazine rings is 1. The van der Waals surface area contributed by atoms with Gasteiger partial charge in [-0.25, -0.2) is 9.78 Å². The lowest BCUT2D eigenvalue weighted by atomic mass is 10.2. The van der Waals surface area contributed by atoms with E-state index in [1.807, 2.05) is 32.6 Å². The van der Waals surface area contributed by atoms with Gasteiger partial charge in [-0.2, -0.15) is 4.98 Å². The molecule has 1 saturated heterocycles. The molecule has 0 unspecified atom stereocenters. The summed E-state index contributed by atoms with van der Waals surface area (Å²) in [7, 11) is 0. The van der Waals surface area contributed by atoms with E-state index < -0.39 is 5.60 Å². The van der Waals surface area contributed by atoms with Crippen LogP contribution in [0, 0.1) is 6.92 Å². The summed E-state index contributed by atoms with van der Waals surface area (Å²) in [5, 5.41) is 9.53. The minimum Gasteiger partial charge on any atom is -0.493 e. The number of carbonyl (C=O) groups excluding carboxylic acids is 1. The van der Waals surface area contributed by atoms with Crippen LogP contribution in [0.3, 0.4) is 0 Å². The second-order valence-corrected chi connectivity index (χ2v) is 6.12. The highest BCUT2D eigenvalue weighted by Gasteiger charge is 2.26. The molecule has 21 heavy (non-hydrogen) atoms. The van der Waals surface area contributed by atoms with Crippen molar-refractivity contribution in [3.63, 3.8) is 0 Å². The van der Waals surface area contributed by atoms with Crippen LogP contribution in [0.2, 0.25) is 0 Å². The van der Waals surface area contributed by atoms with E-state index in [4.69, 9.17) is 4.74 Å². The molecule has 1 aromatic rings. The van der Waals surface area contributed by atoms with Crippen molar-refractivity contribution in [1.82, 2.24) is 14.9 Å². The summed E-state index contributed by atoms with van der Waals surface area (Å²) in [6, 6.07) is 1.51. The van der Waals surface area contributed by atoms with Crippen LogP contribution in [-0.2, 0) is 4.74 Å². The van der Waals surface area contributed by atoms with Gasteiger partial charge in [-0.15, -0.1) is 0 Å². The van der Waals surface area contributed by atoms with Gasteiger partial charge in [0, 0.05) is 37.9 Å². The number of nitrogens with zero attached hydrogens (tertiary/aromatic N) is 4. The summed E-state index contributed by atoms with van der Waals surface area (Å²) in [4.78, 5) is 23.9. The summed E-state index contributed by atoms with van der Waals surface area (Å²) in [5.74, 6) is 0.461. The number of carbonyl (C=O) groups is 1. The van der Waals surface area contributed by atoms with E-state index in [2.05, 4.69) is 9.97 Å². The lowest BCUT2D eigenvalue weighted by Crippen LogP contribution is -2.50. The SMILES string of the molecule is Cc1cc(O)nc(N2CCN(C(=O)OC(C)(C)C)CC2)n1. The molecule has 1 aromatic heterocycles. The summed E-state index contributed by atoms with van der Waals surface area (Å²) in [5.41, 5.74) is 0.228. The minimum absolute atomic E-state index is 0.0351. The normalized spacial score (nSPS) is 16.0. The number of anilines is 1. The second kappa shape index (κ2) is 5.75. The second-order valence-electron chi connectivity index (χ2n) is 6.12. The van der Waals surface area contributed by atoms with Crippen LogP contribution in [0.5, 0.6) is 5.88 Å². The third-order valence-corrected chi connectivity index (χ3v) is 3.04. The Labute approximate surface area is 124 Å². The zero-order valence-electron chi connectivity index (χ0n) is 13.0. The van der Waals surface area contributed by atoms with E-state index >= 15 is 0 Å². The van der Waals surface area contributed by atoms with Gasteiger partial charge < -0.3 is 19.6 Å². The van der Waals surface area contributed by atoms with Crippen LogP contribution in [-0.4, -0.2) is 57.8 Å². The van der Waals surface area contributed by atoms with Gasteiger partial charge in [-0.1, -0.05) is 0 Å². The molecule has 116 valence electrons. The number of ether oxygens (including phenoxy) is 1. The van der Waals surface area contributed by atoms with Gasteiger partial charge in [0.05, 0.1) is 0 Å². The van der Waals surface area contributed by atoms with Crippen LogP contribution in [0.15, 0.2) is 6.07 Å². The highest BCUT2D eigenvalue weighted by atomic mass is 16.6. The molecule has 1 N–H and O–H groups in total. The van der Waals surface area contributed by atoms with Crippen molar-refractivity contribution < 1.29 is 14.6 Å². The van der Waals surface area contributed by atoms with Gasteiger partial charge in [-0.05, 0) is 27.7 Å². The Balaban J connectivity index is 1.95. The molecule has 0 bridgehead atoms. The third-order valence-electron chi connectivity index (χ3n) is 3.04. The summed E-state index contributed by atoms with van der Waals surface area (Å²) < 4.78 is 5.35. The van der Waals surface area contributed by atoms with Gasteiger partial charge in [0.25, 0.3) is 0 Å². The zero-order valence-corrected chi connectivity index (χ0v) is 13.0. The lowest BCUT2D eigenvalue weighted by molar-refractivity contribution is 0.0240. The molecular weight excluding hydrogens is 272 g/mol. The maximum Gasteiger partial charge on any atom is 0.410 e. The molecule has 0 atom stereocenters. The Morgan fingerprint density at radius 2 is 1.86 bits per heavy atom. The quantitative estimate of drug-likeness (QED) is 0.846. The summed E-state index contributed by atoms with van der Waals surface area (Å²) >= 11 is 0. The van der Waals surface area contributed by atoms with Gasteiger partial charge in [0.15, 0.2) is 0 Å². The topological polar surface area (TPSA) is 78.8 Å². The van der Waals surface area contributed by atoms with Crippen molar-refractivity contribution in [2.24, 2.45) is 0 Å². The molecule has 1 aliphatic rings. The number of aromatic hydroxyl groups is 1. The van der Waals surface area contributed by atoms with Gasteiger partial charge >= 0.3 is 6.09 Å². The van der Waals surface area contributed by atoms with Crippen LogP contribution < -0.4 is 4.90 Å². The van der Waals surface area contributed by atoms with Crippen molar-refractivity contribution in [2.75, 3.05) is 31.1 Å². The average Bonchev–Trinajstić information content (AvgIpc) is 2.35. The van der Waals surface area contributed by atoms with Crippen molar-refractivity contribution >= 4 is 12.0 Å². The fourth-order valence-electron chi connectivity index (χ4n) is 2.09. The first kappa shape index (κ1) is 15.3. The molecule has 2 heterocycles. The molecule has 0 aromatic carbocycles. The first-order valence-electron chi connectivity index (χ1n) is 7.02. The Morgan fingerprint density at radius 1 is 1.24 bits per heavy atom. The first-order chi connectivity index (χ1) is 9.74. The van der Waals surface area contributed by atoms with Gasteiger partial charge in [0.1, 0.15) is 5.60 Å². The Kier molecular flexibility index (Phi) is 4.20. The minimum atomic E-state index is -0.486. The van der Waals surface area contributed by atoms with Crippen LogP contribution >= 0.6 is 0 Å². The summed E-state index contributed by atoms with van der Waals surface area (Å²) in [6.07, 6.45) is -0.296. The molecule has 7 heteroatoms. The average molecular weight is 294 g/mol. The van der Waals surface area contributed by atoms with Crippen molar-refractivity contribution in [1.29, 1.82) is 0 Å². The standard InChI is InChI=1S/C14H22N4O3/c1-10-9-11(19)16-12(15-10)17-5-7-18(8-6-17)13(20)21-14(2,3)4/h9H,5-8H2,1-4H3,(H,15,16,19). The fourth-order valence-corrected chi connectivity index (χ4v) is 2.09. The molecule has 0 aliphatic carbocycles. The van der Waals surface area contributed by atoms with E-state index in [1.165, 1.54) is 6.07 Å². The summed E-state index contributed by atoms with van der Waals surface area (Å²) in [6.45, 7) is 9.69. The molecule has 2 rings (SSSR count). The van der Waals surface area contributed by atoms with E-state index in [1.54, 1.807) is 4.90 Å². The number of hydrogen-bond acceptors (Lipinski definition) is 6. The highest BCUT2D eigenvalue weighted by molar-refractivity contribution is 5.68. The van der Waals surface area contributed by atoms with Crippen molar-refractivity contribution in [3.05, 3.63) is 11.8 Å². The number of hydrogen-bond donors (Lipinski definition) is 1. The maximum atomic E-state index is 12.0. The van der Waals surface area contributed by atoms with E-state index in [-0.39, 0.29) is 12.0 Å². The zero-order chi connectivity index (χ0) is 15.6. The molecule has 0 spiro atoms. The van der Waals surface area contributed by atoms with E-state index in [0.717, 1.165) is 0 Å². The largest absolute Gasteiger partial charge is 0.493 e. The van der Waals surface area contributed by atoms with Crippen LogP contribution in [0.1, 0.15) is 26.5 Å². The molecule has 0 saturated carbocycles. The number of amides is 1. The number of aryl methyl sites for hydroxylation is 1. The Morgan fingerprint density at radius 3 is 2.38 bits per heavy atom. The predicted molar refractivity (Wildman–Crippen MR) is 78.5 cm³/mol. The molecule has 7 nitrogen and oxygen atoms in total. The molecular formula is C14H22N4O3. The number of aromatic nitrogens is 2. The van der Waals surface area contributed by atoms with Crippen molar-refractivity contribution in [2.45, 2.75) is 33.3 Å². The predicted octanol–water partition coefficient (Wildman–Crippen LogP) is 1.55. The maximum absolute atomic E-state index is 12.0. The van der Waals surface area contributed by atoms with Crippen molar-refractivity contribution in [3.8, 4) is 5.88 Å². The van der Waals surface area contributed by atoms with Gasteiger partial charge in [-0.3, -0.25) is 0 Å². The smallest absolute Gasteiger partial charge is 0.410 e.